The largest absolute Gasteiger partial charge is 0.508 e. The summed E-state index contributed by atoms with van der Waals surface area (Å²) in [4.78, 5) is 23.1. The standard InChI is InChI=1S/C13H14N2O3S/c16-9-3-1-8(2-4-9)7-12(19)14-10-5-6-11(17)15-13(10)18/h1-4,10,16H,5-7H2,(H,14,19)(H,15,17,18). The molecule has 1 atom stereocenters. The lowest BCUT2D eigenvalue weighted by atomic mass is 10.1. The van der Waals surface area contributed by atoms with Gasteiger partial charge in [-0.25, -0.2) is 0 Å². The maximum Gasteiger partial charge on any atom is 0.249 e. The molecule has 0 bridgehead atoms. The average molecular weight is 278 g/mol. The van der Waals surface area contributed by atoms with Gasteiger partial charge in [-0.15, -0.1) is 0 Å². The van der Waals surface area contributed by atoms with Crippen LogP contribution in [0, 0.1) is 0 Å². The lowest BCUT2D eigenvalue weighted by Crippen LogP contribution is -2.52. The molecule has 1 heterocycles. The molecule has 1 saturated heterocycles. The molecule has 0 saturated carbocycles. The number of phenols is 1. The Morgan fingerprint density at radius 3 is 2.68 bits per heavy atom. The number of carbonyl (C=O) groups excluding carboxylic acids is 2. The van der Waals surface area contributed by atoms with E-state index in [4.69, 9.17) is 12.2 Å². The second-order valence-electron chi connectivity index (χ2n) is 4.41. The van der Waals surface area contributed by atoms with Crippen molar-refractivity contribution in [2.24, 2.45) is 0 Å². The molecule has 19 heavy (non-hydrogen) atoms. The van der Waals surface area contributed by atoms with Crippen LogP contribution in [0.3, 0.4) is 0 Å². The summed E-state index contributed by atoms with van der Waals surface area (Å²) in [5.74, 6) is -0.371. The van der Waals surface area contributed by atoms with Gasteiger partial charge in [-0.2, -0.15) is 0 Å². The summed E-state index contributed by atoms with van der Waals surface area (Å²) in [6, 6.07) is 6.28. The Balaban J connectivity index is 1.89. The van der Waals surface area contributed by atoms with Gasteiger partial charge in [0.25, 0.3) is 0 Å². The van der Waals surface area contributed by atoms with Gasteiger partial charge in [0.2, 0.25) is 11.8 Å². The smallest absolute Gasteiger partial charge is 0.249 e. The molecular weight excluding hydrogens is 264 g/mol. The van der Waals surface area contributed by atoms with Gasteiger partial charge in [0, 0.05) is 12.8 Å². The molecule has 2 rings (SSSR count). The third-order valence-corrected chi connectivity index (χ3v) is 3.14. The highest BCUT2D eigenvalue weighted by atomic mass is 32.1. The van der Waals surface area contributed by atoms with Gasteiger partial charge < -0.3 is 10.4 Å². The molecule has 1 aromatic carbocycles. The van der Waals surface area contributed by atoms with Crippen LogP contribution in [0.4, 0.5) is 0 Å². The lowest BCUT2D eigenvalue weighted by molar-refractivity contribution is -0.134. The summed E-state index contributed by atoms with van der Waals surface area (Å²) in [5.41, 5.74) is 0.947. The Morgan fingerprint density at radius 2 is 2.05 bits per heavy atom. The van der Waals surface area contributed by atoms with E-state index < -0.39 is 6.04 Å². The predicted octanol–water partition coefficient (Wildman–Crippen LogP) is 0.657. The van der Waals surface area contributed by atoms with Crippen LogP contribution >= 0.6 is 12.2 Å². The number of benzene rings is 1. The first-order valence-corrected chi connectivity index (χ1v) is 6.36. The lowest BCUT2D eigenvalue weighted by Gasteiger charge is -2.23. The molecule has 1 fully saturated rings. The maximum absolute atomic E-state index is 11.6. The molecule has 6 heteroatoms. The first-order chi connectivity index (χ1) is 9.04. The first-order valence-electron chi connectivity index (χ1n) is 5.95. The van der Waals surface area contributed by atoms with Crippen molar-refractivity contribution in [2.45, 2.75) is 25.3 Å². The number of amides is 2. The number of hydrogen-bond acceptors (Lipinski definition) is 4. The monoisotopic (exact) mass is 278 g/mol. The van der Waals surface area contributed by atoms with E-state index in [1.165, 1.54) is 0 Å². The van der Waals surface area contributed by atoms with Crippen LogP contribution < -0.4 is 10.6 Å². The molecule has 3 N–H and O–H groups in total. The normalized spacial score (nSPS) is 18.8. The van der Waals surface area contributed by atoms with Crippen LogP contribution in [0.15, 0.2) is 24.3 Å². The summed E-state index contributed by atoms with van der Waals surface area (Å²) in [6.45, 7) is 0. The Hall–Kier alpha value is -1.95. The van der Waals surface area contributed by atoms with E-state index in [0.717, 1.165) is 5.56 Å². The second kappa shape index (κ2) is 5.79. The molecule has 1 aromatic rings. The van der Waals surface area contributed by atoms with Crippen LogP contribution in [-0.4, -0.2) is 28.0 Å². The zero-order valence-corrected chi connectivity index (χ0v) is 11.0. The summed E-state index contributed by atoms with van der Waals surface area (Å²) in [7, 11) is 0. The average Bonchev–Trinajstić information content (AvgIpc) is 2.36. The molecule has 5 nitrogen and oxygen atoms in total. The number of imide groups is 1. The molecule has 2 amide bonds. The molecule has 1 aliphatic rings. The minimum Gasteiger partial charge on any atom is -0.508 e. The van der Waals surface area contributed by atoms with E-state index in [-0.39, 0.29) is 17.6 Å². The van der Waals surface area contributed by atoms with E-state index in [2.05, 4.69) is 10.6 Å². The van der Waals surface area contributed by atoms with Gasteiger partial charge in [0.05, 0.1) is 4.99 Å². The van der Waals surface area contributed by atoms with E-state index in [1.807, 2.05) is 0 Å². The van der Waals surface area contributed by atoms with E-state index in [0.29, 0.717) is 24.3 Å². The summed E-state index contributed by atoms with van der Waals surface area (Å²) >= 11 is 5.19. The molecule has 1 aliphatic heterocycles. The van der Waals surface area contributed by atoms with Crippen molar-refractivity contribution < 1.29 is 14.7 Å². The van der Waals surface area contributed by atoms with Gasteiger partial charge in [0.1, 0.15) is 11.8 Å². The van der Waals surface area contributed by atoms with Gasteiger partial charge in [-0.05, 0) is 24.1 Å². The van der Waals surface area contributed by atoms with Crippen molar-refractivity contribution in [3.05, 3.63) is 29.8 Å². The zero-order valence-electron chi connectivity index (χ0n) is 10.2. The van der Waals surface area contributed by atoms with Crippen molar-refractivity contribution >= 4 is 29.0 Å². The van der Waals surface area contributed by atoms with Gasteiger partial charge in [0.15, 0.2) is 0 Å². The Morgan fingerprint density at radius 1 is 1.37 bits per heavy atom. The fourth-order valence-corrected chi connectivity index (χ4v) is 2.18. The highest BCUT2D eigenvalue weighted by Gasteiger charge is 2.26. The molecule has 100 valence electrons. The number of carbonyl (C=O) groups is 2. The van der Waals surface area contributed by atoms with Crippen molar-refractivity contribution in [3.8, 4) is 5.75 Å². The van der Waals surface area contributed by atoms with Gasteiger partial charge in [-0.3, -0.25) is 14.9 Å². The van der Waals surface area contributed by atoms with Crippen LogP contribution in [0.2, 0.25) is 0 Å². The Kier molecular flexibility index (Phi) is 4.11. The molecule has 0 aliphatic carbocycles. The Labute approximate surface area is 116 Å². The number of hydrogen-bond donors (Lipinski definition) is 3. The molecule has 1 unspecified atom stereocenters. The number of aromatic hydroxyl groups is 1. The maximum atomic E-state index is 11.6. The van der Waals surface area contributed by atoms with Crippen molar-refractivity contribution in [2.75, 3.05) is 0 Å². The second-order valence-corrected chi connectivity index (χ2v) is 4.91. The third kappa shape index (κ3) is 3.75. The Bertz CT molecular complexity index is 513. The number of phenolic OH excluding ortho intramolecular Hbond substituents is 1. The number of thiocarbonyl (C=S) groups is 1. The fourth-order valence-electron chi connectivity index (χ4n) is 1.88. The number of piperidine rings is 1. The van der Waals surface area contributed by atoms with E-state index in [9.17, 15) is 14.7 Å². The summed E-state index contributed by atoms with van der Waals surface area (Å²) in [6.07, 6.45) is 1.28. The number of rotatable bonds is 3. The van der Waals surface area contributed by atoms with Gasteiger partial charge >= 0.3 is 0 Å². The molecule has 0 radical (unpaired) electrons. The highest BCUT2D eigenvalue weighted by Crippen LogP contribution is 2.11. The summed E-state index contributed by atoms with van der Waals surface area (Å²) < 4.78 is 0. The van der Waals surface area contributed by atoms with Crippen molar-refractivity contribution in [1.82, 2.24) is 10.6 Å². The number of nitrogens with one attached hydrogen (secondary N) is 2. The molecule has 0 spiro atoms. The predicted molar refractivity (Wildman–Crippen MR) is 73.7 cm³/mol. The topological polar surface area (TPSA) is 78.4 Å². The van der Waals surface area contributed by atoms with Crippen LogP contribution in [0.1, 0.15) is 18.4 Å². The minimum atomic E-state index is -0.442. The first kappa shape index (κ1) is 13.5. The van der Waals surface area contributed by atoms with Crippen LogP contribution in [0.5, 0.6) is 5.75 Å². The van der Waals surface area contributed by atoms with Gasteiger partial charge in [-0.1, -0.05) is 24.4 Å². The SMILES string of the molecule is O=C1CCC(NC(=S)Cc2ccc(O)cc2)C(=O)N1. The molecular formula is C13H14N2O3S. The fraction of sp³-hybridized carbons (Fsp3) is 0.308. The van der Waals surface area contributed by atoms with E-state index in [1.54, 1.807) is 24.3 Å². The summed E-state index contributed by atoms with van der Waals surface area (Å²) in [5, 5.41) is 14.4. The minimum absolute atomic E-state index is 0.202. The third-order valence-electron chi connectivity index (χ3n) is 2.88. The van der Waals surface area contributed by atoms with Crippen LogP contribution in [0.25, 0.3) is 0 Å². The van der Waals surface area contributed by atoms with E-state index >= 15 is 0 Å². The molecule has 0 aromatic heterocycles. The van der Waals surface area contributed by atoms with Crippen molar-refractivity contribution in [3.63, 3.8) is 0 Å². The van der Waals surface area contributed by atoms with Crippen molar-refractivity contribution in [1.29, 1.82) is 0 Å². The zero-order chi connectivity index (χ0) is 13.8. The van der Waals surface area contributed by atoms with Crippen LogP contribution in [-0.2, 0) is 16.0 Å². The highest BCUT2D eigenvalue weighted by molar-refractivity contribution is 7.80. The quantitative estimate of drug-likeness (QED) is 0.559.